The topological polar surface area (TPSA) is 47.4 Å². The van der Waals surface area contributed by atoms with E-state index >= 15 is 0 Å². The van der Waals surface area contributed by atoms with Crippen molar-refractivity contribution >= 4 is 12.0 Å². The maximum absolute atomic E-state index is 11.3. The average Bonchev–Trinajstić information content (AvgIpc) is 3.41. The zero-order chi connectivity index (χ0) is 22.5. The Morgan fingerprint density at radius 2 is 1.88 bits per heavy atom. The molecule has 5 heteroatoms. The van der Waals surface area contributed by atoms with E-state index in [4.69, 9.17) is 5.10 Å². The van der Waals surface area contributed by atoms with Crippen molar-refractivity contribution in [2.75, 3.05) is 20.2 Å². The molecule has 0 bridgehead atoms. The normalized spacial score (nSPS) is 16.7. The van der Waals surface area contributed by atoms with Crippen molar-refractivity contribution in [3.05, 3.63) is 88.8 Å². The predicted octanol–water partition coefficient (Wildman–Crippen LogP) is 5.05. The number of rotatable bonds is 7. The summed E-state index contributed by atoms with van der Waals surface area (Å²) in [5.41, 5.74) is 7.15. The number of hydrogen-bond donors (Lipinski definition) is 0. The van der Waals surface area contributed by atoms with Gasteiger partial charge >= 0.3 is 5.97 Å². The maximum atomic E-state index is 11.3. The number of benzene rings is 2. The van der Waals surface area contributed by atoms with Gasteiger partial charge in [-0.15, -0.1) is 0 Å². The largest absolute Gasteiger partial charge is 0.466 e. The molecule has 5 nitrogen and oxygen atoms in total. The molecule has 0 amide bonds. The number of hydrogen-bond acceptors (Lipinski definition) is 4. The summed E-state index contributed by atoms with van der Waals surface area (Å²) in [6.07, 6.45) is 6.64. The van der Waals surface area contributed by atoms with Gasteiger partial charge in [0.1, 0.15) is 0 Å². The predicted molar refractivity (Wildman–Crippen MR) is 128 cm³/mol. The molecule has 0 saturated carbocycles. The van der Waals surface area contributed by atoms with Gasteiger partial charge in [0, 0.05) is 24.4 Å². The summed E-state index contributed by atoms with van der Waals surface area (Å²) in [5, 5.41) is 4.81. The number of methoxy groups -OCH3 is 1. The number of carbonyl (C=O) groups excluding carboxylic acids is 1. The highest BCUT2D eigenvalue weighted by atomic mass is 16.5. The fourth-order valence-corrected chi connectivity index (χ4v) is 4.65. The van der Waals surface area contributed by atoms with E-state index in [0.717, 1.165) is 36.5 Å². The fourth-order valence-electron chi connectivity index (χ4n) is 4.65. The summed E-state index contributed by atoms with van der Waals surface area (Å²) in [5.74, 6) is -0.336. The SMILES string of the molecule is COC(=O)C=Cc1ccc(C2CCCN2CCc2c(C)nn(-c3ccccc3)c2C)cc1. The molecule has 166 valence electrons. The molecule has 3 aromatic rings. The van der Waals surface area contributed by atoms with Crippen LogP contribution in [-0.2, 0) is 16.0 Å². The highest BCUT2D eigenvalue weighted by Gasteiger charge is 2.26. The molecule has 1 atom stereocenters. The van der Waals surface area contributed by atoms with E-state index in [9.17, 15) is 4.79 Å². The Balaban J connectivity index is 1.44. The molecule has 0 spiro atoms. The molecular weight excluding hydrogens is 398 g/mol. The number of esters is 1. The molecule has 2 aromatic carbocycles. The summed E-state index contributed by atoms with van der Waals surface area (Å²) >= 11 is 0. The minimum absolute atomic E-state index is 0.336. The highest BCUT2D eigenvalue weighted by molar-refractivity contribution is 5.86. The van der Waals surface area contributed by atoms with Crippen LogP contribution in [0, 0.1) is 13.8 Å². The maximum Gasteiger partial charge on any atom is 0.330 e. The molecule has 1 saturated heterocycles. The van der Waals surface area contributed by atoms with Crippen molar-refractivity contribution in [2.24, 2.45) is 0 Å². The van der Waals surface area contributed by atoms with Crippen molar-refractivity contribution in [3.63, 3.8) is 0 Å². The van der Waals surface area contributed by atoms with Crippen molar-refractivity contribution in [2.45, 2.75) is 39.2 Å². The summed E-state index contributed by atoms with van der Waals surface area (Å²) in [7, 11) is 1.39. The molecule has 0 aliphatic carbocycles. The standard InChI is InChI=1S/C27H31N3O2/c1-20-25(21(2)30(28-20)24-8-5-4-6-9-24)17-19-29-18-7-10-26(29)23-14-11-22(12-15-23)13-16-27(31)32-3/h4-6,8-9,11-16,26H,7,10,17-19H2,1-3H3. The number of aryl methyl sites for hydroxylation is 1. The second-order valence-electron chi connectivity index (χ2n) is 8.36. The number of aromatic nitrogens is 2. The van der Waals surface area contributed by atoms with Crippen LogP contribution in [0.3, 0.4) is 0 Å². The van der Waals surface area contributed by atoms with Gasteiger partial charge < -0.3 is 4.74 Å². The molecular formula is C27H31N3O2. The first-order valence-corrected chi connectivity index (χ1v) is 11.3. The van der Waals surface area contributed by atoms with E-state index in [1.54, 1.807) is 6.08 Å². The highest BCUT2D eigenvalue weighted by Crippen LogP contribution is 2.32. The minimum atomic E-state index is -0.336. The number of carbonyl (C=O) groups is 1. The lowest BCUT2D eigenvalue weighted by atomic mass is 10.0. The monoisotopic (exact) mass is 429 g/mol. The molecule has 1 unspecified atom stereocenters. The summed E-state index contributed by atoms with van der Waals surface area (Å²) in [6.45, 7) is 6.44. The lowest BCUT2D eigenvalue weighted by molar-refractivity contribution is -0.134. The number of ether oxygens (including phenoxy) is 1. The molecule has 0 N–H and O–H groups in total. The van der Waals surface area contributed by atoms with Crippen LogP contribution in [0.1, 0.15) is 47.0 Å². The van der Waals surface area contributed by atoms with Gasteiger partial charge in [0.05, 0.1) is 18.5 Å². The zero-order valence-corrected chi connectivity index (χ0v) is 19.1. The van der Waals surface area contributed by atoms with Crippen LogP contribution in [0.5, 0.6) is 0 Å². The lowest BCUT2D eigenvalue weighted by Crippen LogP contribution is -2.26. The molecule has 1 aromatic heterocycles. The summed E-state index contributed by atoms with van der Waals surface area (Å²) < 4.78 is 6.72. The van der Waals surface area contributed by atoms with Crippen LogP contribution in [0.2, 0.25) is 0 Å². The third-order valence-electron chi connectivity index (χ3n) is 6.39. The van der Waals surface area contributed by atoms with Gasteiger partial charge in [-0.3, -0.25) is 4.90 Å². The van der Waals surface area contributed by atoms with Crippen LogP contribution in [0.25, 0.3) is 11.8 Å². The van der Waals surface area contributed by atoms with Gasteiger partial charge in [0.2, 0.25) is 0 Å². The molecule has 0 radical (unpaired) electrons. The van der Waals surface area contributed by atoms with Crippen molar-refractivity contribution in [3.8, 4) is 5.69 Å². The van der Waals surface area contributed by atoms with Crippen molar-refractivity contribution in [1.82, 2.24) is 14.7 Å². The molecule has 2 heterocycles. The van der Waals surface area contributed by atoms with E-state index in [2.05, 4.69) is 76.7 Å². The Labute approximate surface area is 190 Å². The molecule has 32 heavy (non-hydrogen) atoms. The minimum Gasteiger partial charge on any atom is -0.466 e. The van der Waals surface area contributed by atoms with E-state index < -0.39 is 0 Å². The Morgan fingerprint density at radius 3 is 2.59 bits per heavy atom. The third kappa shape index (κ3) is 4.83. The number of likely N-dealkylation sites (tertiary alicyclic amines) is 1. The van der Waals surface area contributed by atoms with Gasteiger partial charge in [-0.1, -0.05) is 42.5 Å². The Bertz CT molecular complexity index is 1080. The van der Waals surface area contributed by atoms with Gasteiger partial charge in [-0.25, -0.2) is 9.48 Å². The first-order chi connectivity index (χ1) is 15.6. The number of nitrogens with zero attached hydrogens (tertiary/aromatic N) is 3. The van der Waals surface area contributed by atoms with Crippen LogP contribution in [0.15, 0.2) is 60.7 Å². The molecule has 1 aliphatic heterocycles. The van der Waals surface area contributed by atoms with Gasteiger partial charge in [0.25, 0.3) is 0 Å². The molecule has 1 aliphatic rings. The van der Waals surface area contributed by atoms with Crippen molar-refractivity contribution < 1.29 is 9.53 Å². The molecule has 1 fully saturated rings. The van der Waals surface area contributed by atoms with E-state index in [1.807, 2.05) is 6.07 Å². The van der Waals surface area contributed by atoms with Crippen LogP contribution < -0.4 is 0 Å². The first kappa shape index (κ1) is 22.0. The molecule has 4 rings (SSSR count). The second-order valence-corrected chi connectivity index (χ2v) is 8.36. The zero-order valence-electron chi connectivity index (χ0n) is 19.1. The quantitative estimate of drug-likeness (QED) is 0.389. The van der Waals surface area contributed by atoms with Gasteiger partial charge in [0.15, 0.2) is 0 Å². The van der Waals surface area contributed by atoms with E-state index in [-0.39, 0.29) is 5.97 Å². The summed E-state index contributed by atoms with van der Waals surface area (Å²) in [4.78, 5) is 13.9. The van der Waals surface area contributed by atoms with Gasteiger partial charge in [-0.2, -0.15) is 5.10 Å². The third-order valence-corrected chi connectivity index (χ3v) is 6.39. The Kier molecular flexibility index (Phi) is 6.86. The van der Waals surface area contributed by atoms with E-state index in [1.165, 1.54) is 42.8 Å². The fraction of sp³-hybridized carbons (Fsp3) is 0.333. The van der Waals surface area contributed by atoms with Gasteiger partial charge in [-0.05, 0) is 74.6 Å². The van der Waals surface area contributed by atoms with Crippen molar-refractivity contribution in [1.29, 1.82) is 0 Å². The first-order valence-electron chi connectivity index (χ1n) is 11.3. The average molecular weight is 430 g/mol. The van der Waals surface area contributed by atoms with Crippen LogP contribution in [-0.4, -0.2) is 40.8 Å². The van der Waals surface area contributed by atoms with Crippen LogP contribution in [0.4, 0.5) is 0 Å². The summed E-state index contributed by atoms with van der Waals surface area (Å²) in [6, 6.07) is 19.3. The smallest absolute Gasteiger partial charge is 0.330 e. The van der Waals surface area contributed by atoms with E-state index in [0.29, 0.717) is 6.04 Å². The van der Waals surface area contributed by atoms with Crippen LogP contribution >= 0.6 is 0 Å². The Morgan fingerprint density at radius 1 is 1.12 bits per heavy atom. The number of para-hydroxylation sites is 1. The Hall–Kier alpha value is -3.18. The lowest BCUT2D eigenvalue weighted by Gasteiger charge is -2.25. The second kappa shape index (κ2) is 9.96.